The van der Waals surface area contributed by atoms with Crippen LogP contribution >= 0.6 is 0 Å². The van der Waals surface area contributed by atoms with E-state index in [0.717, 1.165) is 27.7 Å². The molecule has 144 valence electrons. The number of carbonyl (C=O) groups is 2. The first-order chi connectivity index (χ1) is 13.5. The quantitative estimate of drug-likeness (QED) is 0.658. The Morgan fingerprint density at radius 2 is 1.61 bits per heavy atom. The van der Waals surface area contributed by atoms with Crippen LogP contribution in [0.4, 0.5) is 11.4 Å². The van der Waals surface area contributed by atoms with E-state index in [9.17, 15) is 9.59 Å². The fraction of sp³-hybridized carbons (Fsp3) is 0.217. The van der Waals surface area contributed by atoms with Crippen molar-refractivity contribution in [3.8, 4) is 0 Å². The molecule has 0 atom stereocenters. The van der Waals surface area contributed by atoms with Gasteiger partial charge in [-0.05, 0) is 35.6 Å². The highest BCUT2D eigenvalue weighted by molar-refractivity contribution is 6.03. The number of hydrogen-bond donors (Lipinski definition) is 2. The maximum absolute atomic E-state index is 12.3. The molecule has 5 nitrogen and oxygen atoms in total. The maximum Gasteiger partial charge on any atom is 0.243 e. The Labute approximate surface area is 165 Å². The molecule has 28 heavy (non-hydrogen) atoms. The van der Waals surface area contributed by atoms with Gasteiger partial charge in [-0.25, -0.2) is 0 Å². The molecule has 0 heterocycles. The van der Waals surface area contributed by atoms with Gasteiger partial charge in [-0.2, -0.15) is 0 Å². The number of nitrogens with zero attached hydrogens (tertiary/aromatic N) is 1. The van der Waals surface area contributed by atoms with E-state index in [1.807, 2.05) is 66.7 Å². The van der Waals surface area contributed by atoms with Crippen molar-refractivity contribution in [3.63, 3.8) is 0 Å². The smallest absolute Gasteiger partial charge is 0.243 e. The van der Waals surface area contributed by atoms with Gasteiger partial charge in [0, 0.05) is 37.3 Å². The van der Waals surface area contributed by atoms with Crippen LogP contribution in [-0.2, 0) is 16.0 Å². The molecule has 3 aromatic rings. The van der Waals surface area contributed by atoms with Crippen molar-refractivity contribution in [2.24, 2.45) is 0 Å². The van der Waals surface area contributed by atoms with Gasteiger partial charge >= 0.3 is 0 Å². The minimum absolute atomic E-state index is 0.1000. The molecule has 0 bridgehead atoms. The van der Waals surface area contributed by atoms with Gasteiger partial charge in [0.15, 0.2) is 0 Å². The first kappa shape index (κ1) is 19.4. The van der Waals surface area contributed by atoms with E-state index in [1.54, 1.807) is 19.0 Å². The van der Waals surface area contributed by atoms with Crippen LogP contribution in [0.5, 0.6) is 0 Å². The van der Waals surface area contributed by atoms with Crippen molar-refractivity contribution in [3.05, 3.63) is 72.3 Å². The van der Waals surface area contributed by atoms with E-state index in [4.69, 9.17) is 0 Å². The minimum atomic E-state index is -0.1000. The van der Waals surface area contributed by atoms with Crippen molar-refractivity contribution < 1.29 is 9.59 Å². The first-order valence-electron chi connectivity index (χ1n) is 9.33. The van der Waals surface area contributed by atoms with Gasteiger partial charge in [0.25, 0.3) is 0 Å². The molecule has 3 rings (SSSR count). The van der Waals surface area contributed by atoms with Gasteiger partial charge in [-0.1, -0.05) is 48.5 Å². The first-order valence-corrected chi connectivity index (χ1v) is 9.33. The lowest BCUT2D eigenvalue weighted by atomic mass is 10.1. The number of carbonyl (C=O) groups excluding carboxylic acids is 2. The zero-order valence-electron chi connectivity index (χ0n) is 16.2. The fourth-order valence-corrected chi connectivity index (χ4v) is 2.98. The summed E-state index contributed by atoms with van der Waals surface area (Å²) in [6.45, 7) is 0.182. The molecule has 0 saturated carbocycles. The average molecular weight is 375 g/mol. The number of fused-ring (bicyclic) bond motifs is 1. The Morgan fingerprint density at radius 3 is 2.36 bits per heavy atom. The summed E-state index contributed by atoms with van der Waals surface area (Å²) >= 11 is 0. The van der Waals surface area contributed by atoms with Crippen molar-refractivity contribution in [1.29, 1.82) is 0 Å². The molecular weight excluding hydrogens is 350 g/mol. The monoisotopic (exact) mass is 375 g/mol. The molecule has 0 aliphatic carbocycles. The van der Waals surface area contributed by atoms with Crippen LogP contribution in [0.15, 0.2) is 66.7 Å². The molecule has 0 aromatic heterocycles. The zero-order chi connectivity index (χ0) is 19.9. The van der Waals surface area contributed by atoms with E-state index in [1.165, 1.54) is 0 Å². The molecule has 0 aliphatic rings. The predicted molar refractivity (Wildman–Crippen MR) is 115 cm³/mol. The summed E-state index contributed by atoms with van der Waals surface area (Å²) in [6.07, 6.45) is 1.20. The van der Waals surface area contributed by atoms with Gasteiger partial charge in [-0.15, -0.1) is 0 Å². The molecule has 0 unspecified atom stereocenters. The number of aryl methyl sites for hydroxylation is 1. The highest BCUT2D eigenvalue weighted by atomic mass is 16.2. The summed E-state index contributed by atoms with van der Waals surface area (Å²) in [7, 11) is 3.53. The molecule has 0 aliphatic heterocycles. The van der Waals surface area contributed by atoms with E-state index >= 15 is 0 Å². The summed E-state index contributed by atoms with van der Waals surface area (Å²) in [5, 5.41) is 8.22. The van der Waals surface area contributed by atoms with Gasteiger partial charge in [-0.3, -0.25) is 9.59 Å². The highest BCUT2D eigenvalue weighted by Crippen LogP contribution is 2.22. The third kappa shape index (κ3) is 5.10. The lowest BCUT2D eigenvalue weighted by Gasteiger charge is -2.11. The third-order valence-electron chi connectivity index (χ3n) is 4.60. The number of benzene rings is 3. The molecular formula is C23H25N3O2. The second-order valence-corrected chi connectivity index (χ2v) is 6.91. The lowest BCUT2D eigenvalue weighted by molar-refractivity contribution is -0.128. The minimum Gasteiger partial charge on any atom is -0.376 e. The molecule has 0 saturated heterocycles. The Balaban J connectivity index is 1.52. The Morgan fingerprint density at radius 1 is 0.893 bits per heavy atom. The van der Waals surface area contributed by atoms with Crippen molar-refractivity contribution in [2.45, 2.75) is 12.8 Å². The van der Waals surface area contributed by atoms with Crippen LogP contribution in [-0.4, -0.2) is 37.4 Å². The van der Waals surface area contributed by atoms with Crippen LogP contribution in [0.2, 0.25) is 0 Å². The number of anilines is 2. The van der Waals surface area contributed by atoms with Crippen LogP contribution in [0.3, 0.4) is 0 Å². The molecule has 0 fully saturated rings. The van der Waals surface area contributed by atoms with Crippen molar-refractivity contribution in [1.82, 2.24) is 4.90 Å². The number of nitrogens with one attached hydrogen (secondary N) is 2. The lowest BCUT2D eigenvalue weighted by Crippen LogP contribution is -2.22. The van der Waals surface area contributed by atoms with E-state index in [0.29, 0.717) is 12.8 Å². The largest absolute Gasteiger partial charge is 0.376 e. The maximum atomic E-state index is 12.3. The Hall–Kier alpha value is -3.34. The Kier molecular flexibility index (Phi) is 6.27. The fourth-order valence-electron chi connectivity index (χ4n) is 2.98. The summed E-state index contributed by atoms with van der Waals surface area (Å²) in [5.74, 6) is 0.0179. The van der Waals surface area contributed by atoms with Crippen LogP contribution < -0.4 is 10.6 Å². The molecule has 2 amide bonds. The van der Waals surface area contributed by atoms with Gasteiger partial charge < -0.3 is 15.5 Å². The van der Waals surface area contributed by atoms with Crippen LogP contribution in [0, 0.1) is 0 Å². The predicted octanol–water partition coefficient (Wildman–Crippen LogP) is 3.91. The molecule has 3 aromatic carbocycles. The van der Waals surface area contributed by atoms with E-state index < -0.39 is 0 Å². The Bertz CT molecular complexity index is 960. The van der Waals surface area contributed by atoms with Crippen LogP contribution in [0.25, 0.3) is 10.8 Å². The molecule has 0 spiro atoms. The van der Waals surface area contributed by atoms with E-state index in [-0.39, 0.29) is 18.4 Å². The SMILES string of the molecule is CN(C)C(=O)CCc1ccc(NCC(=O)Nc2cccc3ccccc23)cc1. The average Bonchev–Trinajstić information content (AvgIpc) is 2.71. The van der Waals surface area contributed by atoms with Gasteiger partial charge in [0.05, 0.1) is 6.54 Å². The van der Waals surface area contributed by atoms with Crippen molar-refractivity contribution in [2.75, 3.05) is 31.3 Å². The summed E-state index contributed by atoms with van der Waals surface area (Å²) in [5.41, 5.74) is 2.78. The van der Waals surface area contributed by atoms with Gasteiger partial charge in [0.2, 0.25) is 11.8 Å². The number of amides is 2. The second-order valence-electron chi connectivity index (χ2n) is 6.91. The zero-order valence-corrected chi connectivity index (χ0v) is 16.2. The second kappa shape index (κ2) is 9.04. The molecule has 2 N–H and O–H groups in total. The highest BCUT2D eigenvalue weighted by Gasteiger charge is 2.07. The van der Waals surface area contributed by atoms with Gasteiger partial charge in [0.1, 0.15) is 0 Å². The topological polar surface area (TPSA) is 61.4 Å². The number of rotatable bonds is 7. The number of hydrogen-bond acceptors (Lipinski definition) is 3. The summed E-state index contributed by atoms with van der Waals surface area (Å²) in [6, 6.07) is 21.7. The summed E-state index contributed by atoms with van der Waals surface area (Å²) in [4.78, 5) is 25.6. The summed E-state index contributed by atoms with van der Waals surface area (Å²) < 4.78 is 0. The van der Waals surface area contributed by atoms with Crippen molar-refractivity contribution >= 4 is 34.0 Å². The van der Waals surface area contributed by atoms with Crippen LogP contribution in [0.1, 0.15) is 12.0 Å². The molecule has 5 heteroatoms. The van der Waals surface area contributed by atoms with E-state index in [2.05, 4.69) is 10.6 Å². The standard InChI is InChI=1S/C23H25N3O2/c1-26(2)23(28)15-12-17-10-13-19(14-11-17)24-16-22(27)25-21-9-5-7-18-6-3-4-8-20(18)21/h3-11,13-14,24H,12,15-16H2,1-2H3,(H,25,27). The third-order valence-corrected chi connectivity index (χ3v) is 4.60. The normalized spacial score (nSPS) is 10.5. The molecule has 0 radical (unpaired) electrons.